The van der Waals surface area contributed by atoms with E-state index in [2.05, 4.69) is 5.32 Å². The van der Waals surface area contributed by atoms with Crippen LogP contribution in [0.15, 0.2) is 29.2 Å². The fraction of sp³-hybridized carbons (Fsp3) is 0.500. The number of primary sulfonamides is 1. The van der Waals surface area contributed by atoms with Crippen LogP contribution in [0.3, 0.4) is 0 Å². The summed E-state index contributed by atoms with van der Waals surface area (Å²) in [7, 11) is -3.53. The molecular weight excluding hydrogens is 274 g/mol. The van der Waals surface area contributed by atoms with Crippen LogP contribution in [0.2, 0.25) is 0 Å². The zero-order valence-corrected chi connectivity index (χ0v) is 11.5. The number of piperidine rings is 1. The van der Waals surface area contributed by atoms with E-state index in [1.54, 1.807) is 25.1 Å². The van der Waals surface area contributed by atoms with E-state index in [0.29, 0.717) is 18.7 Å². The predicted molar refractivity (Wildman–Crippen MR) is 69.6 cm³/mol. The molecule has 0 bridgehead atoms. The molecule has 0 aromatic heterocycles. The van der Waals surface area contributed by atoms with Crippen molar-refractivity contribution in [1.29, 1.82) is 0 Å². The number of benzene rings is 1. The summed E-state index contributed by atoms with van der Waals surface area (Å²) in [6.07, 6.45) is 0.0139. The van der Waals surface area contributed by atoms with Crippen LogP contribution in [0, 0.1) is 6.92 Å². The zero-order chi connectivity index (χ0) is 14.5. The van der Waals surface area contributed by atoms with Crippen molar-refractivity contribution in [2.24, 2.45) is 5.14 Å². The average Bonchev–Trinajstić information content (AvgIpc) is 2.28. The van der Waals surface area contributed by atoms with Gasteiger partial charge < -0.3 is 5.32 Å². The highest BCUT2D eigenvalue weighted by Gasteiger charge is 2.30. The van der Waals surface area contributed by atoms with E-state index in [4.69, 9.17) is 5.14 Å². The predicted octanol–water partition coefficient (Wildman–Crippen LogP) is 1.65. The molecule has 1 aromatic rings. The standard InChI is InChI=1S/C7H9NO2S.C5H9F2N/c1-6-4-2-3-5-7(6)11(8,9)10;6-5(7)1-3-8-4-2-5/h2-5H,1H3,(H2,8,9,10);8H,1-4H2. The topological polar surface area (TPSA) is 72.2 Å². The van der Waals surface area contributed by atoms with Crippen LogP contribution in [0.5, 0.6) is 0 Å². The van der Waals surface area contributed by atoms with E-state index in [0.717, 1.165) is 0 Å². The number of hydrogen-bond acceptors (Lipinski definition) is 3. The van der Waals surface area contributed by atoms with Crippen molar-refractivity contribution in [1.82, 2.24) is 5.32 Å². The first-order valence-corrected chi connectivity index (χ1v) is 7.44. The van der Waals surface area contributed by atoms with Gasteiger partial charge in [0.2, 0.25) is 10.0 Å². The summed E-state index contributed by atoms with van der Waals surface area (Å²) >= 11 is 0. The van der Waals surface area contributed by atoms with E-state index in [1.807, 2.05) is 0 Å². The summed E-state index contributed by atoms with van der Waals surface area (Å²) in [5.41, 5.74) is 0.676. The summed E-state index contributed by atoms with van der Waals surface area (Å²) in [5.74, 6) is -2.38. The highest BCUT2D eigenvalue weighted by Crippen LogP contribution is 2.23. The molecule has 1 saturated heterocycles. The van der Waals surface area contributed by atoms with Gasteiger partial charge in [-0.05, 0) is 18.6 Å². The summed E-state index contributed by atoms with van der Waals surface area (Å²) in [6, 6.07) is 6.61. The fourth-order valence-corrected chi connectivity index (χ4v) is 2.45. The number of halogens is 2. The van der Waals surface area contributed by atoms with Crippen LogP contribution in [0.1, 0.15) is 18.4 Å². The minimum atomic E-state index is -3.53. The van der Waals surface area contributed by atoms with Crippen LogP contribution >= 0.6 is 0 Å². The number of nitrogens with two attached hydrogens (primary N) is 1. The van der Waals surface area contributed by atoms with Gasteiger partial charge in [-0.25, -0.2) is 22.3 Å². The van der Waals surface area contributed by atoms with Gasteiger partial charge in [-0.2, -0.15) is 0 Å². The lowest BCUT2D eigenvalue weighted by atomic mass is 10.1. The number of sulfonamides is 1. The molecule has 0 radical (unpaired) electrons. The molecule has 0 spiro atoms. The molecule has 7 heteroatoms. The lowest BCUT2D eigenvalue weighted by Gasteiger charge is -2.21. The first kappa shape index (κ1) is 16.0. The van der Waals surface area contributed by atoms with Crippen molar-refractivity contribution in [2.75, 3.05) is 13.1 Å². The third-order valence-corrected chi connectivity index (χ3v) is 3.81. The van der Waals surface area contributed by atoms with Gasteiger partial charge in [0.15, 0.2) is 0 Å². The molecule has 0 amide bonds. The Morgan fingerprint density at radius 2 is 1.74 bits per heavy atom. The minimum Gasteiger partial charge on any atom is -0.316 e. The van der Waals surface area contributed by atoms with Gasteiger partial charge in [-0.15, -0.1) is 0 Å². The zero-order valence-electron chi connectivity index (χ0n) is 10.7. The van der Waals surface area contributed by atoms with E-state index >= 15 is 0 Å². The molecule has 0 unspecified atom stereocenters. The first-order valence-electron chi connectivity index (χ1n) is 5.89. The highest BCUT2D eigenvalue weighted by atomic mass is 32.2. The molecule has 1 fully saturated rings. The second kappa shape index (κ2) is 6.40. The molecular formula is C12H18F2N2O2S. The molecule has 1 aliphatic heterocycles. The average molecular weight is 292 g/mol. The van der Waals surface area contributed by atoms with E-state index < -0.39 is 15.9 Å². The van der Waals surface area contributed by atoms with E-state index in [9.17, 15) is 17.2 Å². The molecule has 4 nitrogen and oxygen atoms in total. The largest absolute Gasteiger partial charge is 0.316 e. The third kappa shape index (κ3) is 5.63. The van der Waals surface area contributed by atoms with Crippen LogP contribution in [-0.2, 0) is 10.0 Å². The van der Waals surface area contributed by atoms with Crippen molar-refractivity contribution >= 4 is 10.0 Å². The molecule has 1 aromatic carbocycles. The van der Waals surface area contributed by atoms with Gasteiger partial charge in [0.1, 0.15) is 0 Å². The van der Waals surface area contributed by atoms with Crippen LogP contribution in [-0.4, -0.2) is 27.4 Å². The fourth-order valence-electron chi connectivity index (χ4n) is 1.67. The molecule has 2 rings (SSSR count). The minimum absolute atomic E-state index is 0.00694. The van der Waals surface area contributed by atoms with Gasteiger partial charge in [-0.3, -0.25) is 0 Å². The Balaban J connectivity index is 0.000000200. The normalized spacial score (nSPS) is 18.3. The lowest BCUT2D eigenvalue weighted by molar-refractivity contribution is -0.0274. The Morgan fingerprint density at radius 3 is 2.05 bits per heavy atom. The Hall–Kier alpha value is -1.05. The van der Waals surface area contributed by atoms with Crippen molar-refractivity contribution in [3.05, 3.63) is 29.8 Å². The molecule has 0 saturated carbocycles. The maximum atomic E-state index is 12.2. The molecule has 1 aliphatic rings. The second-order valence-electron chi connectivity index (χ2n) is 4.42. The van der Waals surface area contributed by atoms with Crippen LogP contribution < -0.4 is 10.5 Å². The number of aryl methyl sites for hydroxylation is 1. The van der Waals surface area contributed by atoms with Crippen molar-refractivity contribution < 1.29 is 17.2 Å². The SMILES string of the molecule is Cc1ccccc1S(N)(=O)=O.FC1(F)CCNCC1. The maximum absolute atomic E-state index is 12.2. The van der Waals surface area contributed by atoms with Crippen LogP contribution in [0.25, 0.3) is 0 Å². The Labute approximate surface area is 112 Å². The van der Waals surface area contributed by atoms with Crippen molar-refractivity contribution in [3.63, 3.8) is 0 Å². The third-order valence-electron chi connectivity index (χ3n) is 2.74. The molecule has 0 atom stereocenters. The Bertz CT molecular complexity index is 510. The van der Waals surface area contributed by atoms with E-state index in [1.165, 1.54) is 6.07 Å². The lowest BCUT2D eigenvalue weighted by Crippen LogP contribution is -2.35. The molecule has 3 N–H and O–H groups in total. The van der Waals surface area contributed by atoms with Gasteiger partial charge in [-0.1, -0.05) is 18.2 Å². The number of alkyl halides is 2. The summed E-state index contributed by atoms with van der Waals surface area (Å²) in [5, 5.41) is 7.79. The van der Waals surface area contributed by atoms with Crippen molar-refractivity contribution in [3.8, 4) is 0 Å². The molecule has 1 heterocycles. The van der Waals surface area contributed by atoms with Crippen LogP contribution in [0.4, 0.5) is 8.78 Å². The molecule has 108 valence electrons. The van der Waals surface area contributed by atoms with Gasteiger partial charge in [0.05, 0.1) is 4.90 Å². The Kier molecular flexibility index (Phi) is 5.39. The molecule has 0 aliphatic carbocycles. The second-order valence-corrected chi connectivity index (χ2v) is 5.95. The monoisotopic (exact) mass is 292 g/mol. The van der Waals surface area contributed by atoms with Crippen molar-refractivity contribution in [2.45, 2.75) is 30.6 Å². The molecule has 19 heavy (non-hydrogen) atoms. The number of nitrogens with one attached hydrogen (secondary N) is 1. The highest BCUT2D eigenvalue weighted by molar-refractivity contribution is 7.89. The van der Waals surface area contributed by atoms with Gasteiger partial charge in [0.25, 0.3) is 5.92 Å². The number of hydrogen-bond donors (Lipinski definition) is 2. The summed E-state index contributed by atoms with van der Waals surface area (Å²) < 4.78 is 46.0. The summed E-state index contributed by atoms with van der Waals surface area (Å²) in [4.78, 5) is 0.194. The number of rotatable bonds is 1. The first-order chi connectivity index (χ1) is 8.72. The van der Waals surface area contributed by atoms with Gasteiger partial charge in [0, 0.05) is 25.9 Å². The smallest absolute Gasteiger partial charge is 0.250 e. The van der Waals surface area contributed by atoms with Gasteiger partial charge >= 0.3 is 0 Å². The maximum Gasteiger partial charge on any atom is 0.250 e. The van der Waals surface area contributed by atoms with E-state index in [-0.39, 0.29) is 17.7 Å². The summed E-state index contributed by atoms with van der Waals surface area (Å²) in [6.45, 7) is 2.64. The quantitative estimate of drug-likeness (QED) is 0.826. The Morgan fingerprint density at radius 1 is 1.21 bits per heavy atom.